The molecule has 7 heteroatoms. The standard InChI is InChI=1S/C17H21F2N5/c1-2-20-17-21-4-3-16(22-17)24-7-5-23(6-8-24)12-13-9-14(18)11-15(19)10-13/h3-4,9-11H,2,5-8,12H2,1H3,(H,20,21,22). The summed E-state index contributed by atoms with van der Waals surface area (Å²) in [6, 6.07) is 5.59. The van der Waals surface area contributed by atoms with Crippen LogP contribution in [0.1, 0.15) is 12.5 Å². The summed E-state index contributed by atoms with van der Waals surface area (Å²) in [4.78, 5) is 13.1. The van der Waals surface area contributed by atoms with E-state index in [2.05, 4.69) is 25.1 Å². The van der Waals surface area contributed by atoms with E-state index in [1.165, 1.54) is 12.1 Å². The predicted molar refractivity (Wildman–Crippen MR) is 90.0 cm³/mol. The zero-order valence-corrected chi connectivity index (χ0v) is 13.7. The third-order valence-electron chi connectivity index (χ3n) is 4.00. The number of nitrogens with zero attached hydrogens (tertiary/aromatic N) is 4. The molecule has 0 bridgehead atoms. The van der Waals surface area contributed by atoms with Gasteiger partial charge in [0.25, 0.3) is 0 Å². The Labute approximate surface area is 140 Å². The normalized spacial score (nSPS) is 15.5. The Hall–Kier alpha value is -2.28. The fourth-order valence-corrected chi connectivity index (χ4v) is 2.86. The van der Waals surface area contributed by atoms with Crippen LogP contribution in [-0.2, 0) is 6.54 Å². The van der Waals surface area contributed by atoms with Crippen LogP contribution < -0.4 is 10.2 Å². The van der Waals surface area contributed by atoms with Gasteiger partial charge in [-0.1, -0.05) is 0 Å². The molecule has 1 aromatic heterocycles. The minimum atomic E-state index is -0.527. The average molecular weight is 333 g/mol. The van der Waals surface area contributed by atoms with Crippen LogP contribution in [0.3, 0.4) is 0 Å². The molecule has 0 aliphatic carbocycles. The monoisotopic (exact) mass is 333 g/mol. The molecule has 2 heterocycles. The Morgan fingerprint density at radius 2 is 1.79 bits per heavy atom. The van der Waals surface area contributed by atoms with Crippen molar-refractivity contribution >= 4 is 11.8 Å². The second-order valence-corrected chi connectivity index (χ2v) is 5.81. The van der Waals surface area contributed by atoms with Crippen LogP contribution >= 0.6 is 0 Å². The number of halogens is 2. The van der Waals surface area contributed by atoms with Crippen molar-refractivity contribution < 1.29 is 8.78 Å². The van der Waals surface area contributed by atoms with E-state index in [1.54, 1.807) is 6.20 Å². The lowest BCUT2D eigenvalue weighted by Crippen LogP contribution is -2.46. The smallest absolute Gasteiger partial charge is 0.224 e. The molecule has 2 aromatic rings. The summed E-state index contributed by atoms with van der Waals surface area (Å²) in [6.07, 6.45) is 1.75. The van der Waals surface area contributed by atoms with Gasteiger partial charge in [-0.3, -0.25) is 4.90 Å². The molecule has 0 spiro atoms. The molecule has 0 atom stereocenters. The highest BCUT2D eigenvalue weighted by molar-refractivity contribution is 5.42. The second-order valence-electron chi connectivity index (χ2n) is 5.81. The molecule has 1 N–H and O–H groups in total. The molecule has 5 nitrogen and oxygen atoms in total. The van der Waals surface area contributed by atoms with Gasteiger partial charge in [-0.25, -0.2) is 13.8 Å². The topological polar surface area (TPSA) is 44.3 Å². The molecule has 1 saturated heterocycles. The number of hydrogen-bond donors (Lipinski definition) is 1. The number of nitrogens with one attached hydrogen (secondary N) is 1. The Morgan fingerprint density at radius 3 is 2.46 bits per heavy atom. The zero-order chi connectivity index (χ0) is 16.9. The first-order chi connectivity index (χ1) is 11.6. The maximum absolute atomic E-state index is 13.3. The number of piperazine rings is 1. The van der Waals surface area contributed by atoms with E-state index < -0.39 is 11.6 Å². The minimum absolute atomic E-state index is 0.527. The number of aromatic nitrogens is 2. The van der Waals surface area contributed by atoms with Crippen molar-refractivity contribution in [2.45, 2.75) is 13.5 Å². The quantitative estimate of drug-likeness (QED) is 0.911. The van der Waals surface area contributed by atoms with Crippen molar-refractivity contribution in [3.8, 4) is 0 Å². The van der Waals surface area contributed by atoms with Gasteiger partial charge in [0.1, 0.15) is 17.5 Å². The summed E-state index contributed by atoms with van der Waals surface area (Å²) in [6.45, 7) is 6.61. The summed E-state index contributed by atoms with van der Waals surface area (Å²) >= 11 is 0. The fourth-order valence-electron chi connectivity index (χ4n) is 2.86. The van der Waals surface area contributed by atoms with Gasteiger partial charge in [0.2, 0.25) is 5.95 Å². The lowest BCUT2D eigenvalue weighted by atomic mass is 10.2. The maximum atomic E-state index is 13.3. The van der Waals surface area contributed by atoms with Crippen LogP contribution in [-0.4, -0.2) is 47.6 Å². The van der Waals surface area contributed by atoms with Gasteiger partial charge in [0.15, 0.2) is 0 Å². The Balaban J connectivity index is 1.58. The molecule has 24 heavy (non-hydrogen) atoms. The largest absolute Gasteiger partial charge is 0.354 e. The van der Waals surface area contributed by atoms with Gasteiger partial charge in [-0.2, -0.15) is 4.98 Å². The van der Waals surface area contributed by atoms with E-state index in [0.717, 1.165) is 44.6 Å². The van der Waals surface area contributed by atoms with Crippen LogP contribution in [0.25, 0.3) is 0 Å². The summed E-state index contributed by atoms with van der Waals surface area (Å²) in [7, 11) is 0. The molecule has 1 aromatic carbocycles. The molecule has 0 radical (unpaired) electrons. The number of rotatable bonds is 5. The number of benzene rings is 1. The first-order valence-corrected chi connectivity index (χ1v) is 8.13. The average Bonchev–Trinajstić information content (AvgIpc) is 2.55. The number of hydrogen-bond acceptors (Lipinski definition) is 5. The number of anilines is 2. The van der Waals surface area contributed by atoms with E-state index in [4.69, 9.17) is 0 Å². The van der Waals surface area contributed by atoms with Crippen molar-refractivity contribution in [3.05, 3.63) is 47.7 Å². The molecule has 3 rings (SSSR count). The summed E-state index contributed by atoms with van der Waals surface area (Å²) in [5.74, 6) is 0.478. The van der Waals surface area contributed by atoms with E-state index in [0.29, 0.717) is 18.1 Å². The van der Waals surface area contributed by atoms with Crippen molar-refractivity contribution in [3.63, 3.8) is 0 Å². The van der Waals surface area contributed by atoms with Crippen LogP contribution in [0.15, 0.2) is 30.5 Å². The van der Waals surface area contributed by atoms with Crippen LogP contribution in [0, 0.1) is 11.6 Å². The Morgan fingerprint density at radius 1 is 1.08 bits per heavy atom. The molecular weight excluding hydrogens is 312 g/mol. The summed E-state index contributed by atoms with van der Waals surface area (Å²) < 4.78 is 26.6. The van der Waals surface area contributed by atoms with Crippen molar-refractivity contribution in [2.75, 3.05) is 42.9 Å². The van der Waals surface area contributed by atoms with Crippen LogP contribution in [0.4, 0.5) is 20.5 Å². The molecule has 128 valence electrons. The minimum Gasteiger partial charge on any atom is -0.354 e. The third-order valence-corrected chi connectivity index (χ3v) is 4.00. The fraction of sp³-hybridized carbons (Fsp3) is 0.412. The third kappa shape index (κ3) is 4.17. The summed E-state index contributed by atoms with van der Waals surface area (Å²) in [5.41, 5.74) is 0.664. The van der Waals surface area contributed by atoms with Gasteiger partial charge >= 0.3 is 0 Å². The zero-order valence-electron chi connectivity index (χ0n) is 13.7. The van der Waals surface area contributed by atoms with Crippen molar-refractivity contribution in [2.24, 2.45) is 0 Å². The molecule has 0 unspecified atom stereocenters. The van der Waals surface area contributed by atoms with E-state index in [1.807, 2.05) is 13.0 Å². The van der Waals surface area contributed by atoms with E-state index >= 15 is 0 Å². The second kappa shape index (κ2) is 7.53. The van der Waals surface area contributed by atoms with Crippen LogP contribution in [0.5, 0.6) is 0 Å². The molecule has 1 aliphatic heterocycles. The van der Waals surface area contributed by atoms with Crippen LogP contribution in [0.2, 0.25) is 0 Å². The molecular formula is C17H21F2N5. The van der Waals surface area contributed by atoms with E-state index in [9.17, 15) is 8.78 Å². The lowest BCUT2D eigenvalue weighted by Gasteiger charge is -2.35. The summed E-state index contributed by atoms with van der Waals surface area (Å²) in [5, 5.41) is 3.11. The highest BCUT2D eigenvalue weighted by atomic mass is 19.1. The van der Waals surface area contributed by atoms with Gasteiger partial charge in [0, 0.05) is 51.5 Å². The predicted octanol–water partition coefficient (Wildman–Crippen LogP) is 2.51. The molecule has 1 aliphatic rings. The lowest BCUT2D eigenvalue weighted by molar-refractivity contribution is 0.248. The molecule has 0 saturated carbocycles. The first-order valence-electron chi connectivity index (χ1n) is 8.13. The van der Waals surface area contributed by atoms with E-state index in [-0.39, 0.29) is 0 Å². The molecule has 1 fully saturated rings. The Bertz CT molecular complexity index is 666. The van der Waals surface area contributed by atoms with Gasteiger partial charge < -0.3 is 10.2 Å². The van der Waals surface area contributed by atoms with Crippen molar-refractivity contribution in [1.29, 1.82) is 0 Å². The van der Waals surface area contributed by atoms with Crippen molar-refractivity contribution in [1.82, 2.24) is 14.9 Å². The highest BCUT2D eigenvalue weighted by Gasteiger charge is 2.19. The SMILES string of the molecule is CCNc1nccc(N2CCN(Cc3cc(F)cc(F)c3)CC2)n1. The van der Waals surface area contributed by atoms with Gasteiger partial charge in [0.05, 0.1) is 0 Å². The van der Waals surface area contributed by atoms with Gasteiger partial charge in [-0.15, -0.1) is 0 Å². The highest BCUT2D eigenvalue weighted by Crippen LogP contribution is 2.17. The maximum Gasteiger partial charge on any atom is 0.224 e. The van der Waals surface area contributed by atoms with Gasteiger partial charge in [-0.05, 0) is 30.7 Å². The molecule has 0 amide bonds. The Kier molecular flexibility index (Phi) is 5.20. The first kappa shape index (κ1) is 16.6.